The molecule has 2 aromatic carbocycles. The fourth-order valence-electron chi connectivity index (χ4n) is 2.45. The quantitative estimate of drug-likeness (QED) is 0.907. The van der Waals surface area contributed by atoms with Crippen molar-refractivity contribution in [2.24, 2.45) is 10.7 Å². The van der Waals surface area contributed by atoms with Crippen molar-refractivity contribution in [1.82, 2.24) is 0 Å². The molecule has 3 nitrogen and oxygen atoms in total. The standard InChI is InChI=1S/C15H12Cl2FN3/c16-10-5-3-4-9(14(10)17)13-8-20-15(19)21(13)12-7-2-1-6-11(12)18/h1-7,13H,8H2,(H2,19,20). The summed E-state index contributed by atoms with van der Waals surface area (Å²) < 4.78 is 14.1. The summed E-state index contributed by atoms with van der Waals surface area (Å²) in [5.74, 6) is -0.0955. The van der Waals surface area contributed by atoms with Crippen molar-refractivity contribution in [3.8, 4) is 0 Å². The van der Waals surface area contributed by atoms with Gasteiger partial charge in [-0.05, 0) is 23.8 Å². The minimum absolute atomic E-state index is 0.265. The van der Waals surface area contributed by atoms with Gasteiger partial charge in [-0.1, -0.05) is 47.5 Å². The minimum atomic E-state index is -0.360. The Morgan fingerprint density at radius 1 is 1.14 bits per heavy atom. The lowest BCUT2D eigenvalue weighted by Crippen LogP contribution is -2.36. The van der Waals surface area contributed by atoms with E-state index in [9.17, 15) is 4.39 Å². The van der Waals surface area contributed by atoms with Crippen LogP contribution in [0.3, 0.4) is 0 Å². The number of benzene rings is 2. The maximum Gasteiger partial charge on any atom is 0.196 e. The first-order chi connectivity index (χ1) is 10.1. The van der Waals surface area contributed by atoms with Crippen LogP contribution in [-0.2, 0) is 0 Å². The number of para-hydroxylation sites is 1. The van der Waals surface area contributed by atoms with E-state index < -0.39 is 0 Å². The van der Waals surface area contributed by atoms with E-state index >= 15 is 0 Å². The molecule has 0 spiro atoms. The van der Waals surface area contributed by atoms with E-state index in [0.717, 1.165) is 5.56 Å². The number of anilines is 1. The first kappa shape index (κ1) is 14.2. The second-order valence-electron chi connectivity index (χ2n) is 4.68. The van der Waals surface area contributed by atoms with Crippen LogP contribution in [0.4, 0.5) is 10.1 Å². The Kier molecular flexibility index (Phi) is 3.74. The van der Waals surface area contributed by atoms with Crippen LogP contribution in [0.1, 0.15) is 11.6 Å². The van der Waals surface area contributed by atoms with Crippen LogP contribution in [0.2, 0.25) is 10.0 Å². The molecule has 3 rings (SSSR count). The molecule has 0 fully saturated rings. The third kappa shape index (κ3) is 2.45. The maximum atomic E-state index is 14.1. The van der Waals surface area contributed by atoms with Crippen LogP contribution in [0.25, 0.3) is 0 Å². The zero-order chi connectivity index (χ0) is 15.0. The molecule has 1 aliphatic rings. The fraction of sp³-hybridized carbons (Fsp3) is 0.133. The number of hydrogen-bond acceptors (Lipinski definition) is 3. The van der Waals surface area contributed by atoms with E-state index in [0.29, 0.717) is 22.3 Å². The lowest BCUT2D eigenvalue weighted by molar-refractivity contribution is 0.619. The van der Waals surface area contributed by atoms with E-state index in [-0.39, 0.29) is 17.8 Å². The highest BCUT2D eigenvalue weighted by Crippen LogP contribution is 2.38. The Morgan fingerprint density at radius 2 is 1.90 bits per heavy atom. The average Bonchev–Trinajstić information content (AvgIpc) is 2.84. The first-order valence-electron chi connectivity index (χ1n) is 6.37. The van der Waals surface area contributed by atoms with Crippen molar-refractivity contribution >= 4 is 34.8 Å². The zero-order valence-corrected chi connectivity index (χ0v) is 12.4. The van der Waals surface area contributed by atoms with Crippen LogP contribution >= 0.6 is 23.2 Å². The average molecular weight is 324 g/mol. The molecule has 0 saturated carbocycles. The van der Waals surface area contributed by atoms with Gasteiger partial charge in [0.15, 0.2) is 5.96 Å². The Morgan fingerprint density at radius 3 is 2.67 bits per heavy atom. The second kappa shape index (κ2) is 5.54. The van der Waals surface area contributed by atoms with Gasteiger partial charge in [0.05, 0.1) is 28.3 Å². The number of halogens is 3. The molecule has 2 N–H and O–H groups in total. The molecule has 0 bridgehead atoms. The van der Waals surface area contributed by atoms with Gasteiger partial charge in [-0.3, -0.25) is 4.99 Å². The van der Waals surface area contributed by atoms with Crippen LogP contribution in [0, 0.1) is 5.82 Å². The highest BCUT2D eigenvalue weighted by molar-refractivity contribution is 6.42. The summed E-state index contributed by atoms with van der Waals surface area (Å²) in [5, 5.41) is 0.892. The SMILES string of the molecule is NC1=NCC(c2cccc(Cl)c2Cl)N1c1ccccc1F. The van der Waals surface area contributed by atoms with Gasteiger partial charge in [-0.25, -0.2) is 4.39 Å². The van der Waals surface area contributed by atoms with E-state index in [1.54, 1.807) is 35.2 Å². The maximum absolute atomic E-state index is 14.1. The van der Waals surface area contributed by atoms with Crippen LogP contribution in [0.5, 0.6) is 0 Å². The topological polar surface area (TPSA) is 41.6 Å². The van der Waals surface area contributed by atoms with Gasteiger partial charge >= 0.3 is 0 Å². The molecule has 1 unspecified atom stereocenters. The van der Waals surface area contributed by atoms with Gasteiger partial charge in [0.1, 0.15) is 5.82 Å². The molecule has 0 aliphatic carbocycles. The van der Waals surface area contributed by atoms with Crippen LogP contribution in [-0.4, -0.2) is 12.5 Å². The lowest BCUT2D eigenvalue weighted by Gasteiger charge is -2.27. The van der Waals surface area contributed by atoms with Gasteiger partial charge in [0, 0.05) is 0 Å². The number of rotatable bonds is 2. The molecule has 0 saturated heterocycles. The molecule has 21 heavy (non-hydrogen) atoms. The van der Waals surface area contributed by atoms with Crippen molar-refractivity contribution in [3.05, 3.63) is 63.9 Å². The highest BCUT2D eigenvalue weighted by atomic mass is 35.5. The second-order valence-corrected chi connectivity index (χ2v) is 5.46. The van der Waals surface area contributed by atoms with Crippen LogP contribution < -0.4 is 10.6 Å². The summed E-state index contributed by atoms with van der Waals surface area (Å²) in [6.07, 6.45) is 0. The minimum Gasteiger partial charge on any atom is -0.369 e. The molecule has 1 atom stereocenters. The van der Waals surface area contributed by atoms with Crippen molar-refractivity contribution < 1.29 is 4.39 Å². The first-order valence-corrected chi connectivity index (χ1v) is 7.13. The summed E-state index contributed by atoms with van der Waals surface area (Å²) in [6.45, 7) is 0.403. The van der Waals surface area contributed by atoms with E-state index in [4.69, 9.17) is 28.9 Å². The van der Waals surface area contributed by atoms with Gasteiger partial charge in [0.25, 0.3) is 0 Å². The summed E-state index contributed by atoms with van der Waals surface area (Å²) in [5.41, 5.74) is 7.08. The summed E-state index contributed by atoms with van der Waals surface area (Å²) in [6, 6.07) is 11.5. The predicted molar refractivity (Wildman–Crippen MR) is 84.6 cm³/mol. The fourth-order valence-corrected chi connectivity index (χ4v) is 2.88. The van der Waals surface area contributed by atoms with Gasteiger partial charge in [-0.2, -0.15) is 0 Å². The van der Waals surface area contributed by atoms with Crippen molar-refractivity contribution in [3.63, 3.8) is 0 Å². The molecule has 0 radical (unpaired) electrons. The number of nitrogens with two attached hydrogens (primary N) is 1. The zero-order valence-electron chi connectivity index (χ0n) is 10.9. The van der Waals surface area contributed by atoms with E-state index in [1.165, 1.54) is 6.07 Å². The van der Waals surface area contributed by atoms with Crippen molar-refractivity contribution in [2.75, 3.05) is 11.4 Å². The third-order valence-electron chi connectivity index (χ3n) is 3.44. The Bertz CT molecular complexity index is 718. The largest absolute Gasteiger partial charge is 0.369 e. The van der Waals surface area contributed by atoms with Gasteiger partial charge in [0.2, 0.25) is 0 Å². The Labute approximate surface area is 131 Å². The molecule has 1 heterocycles. The van der Waals surface area contributed by atoms with E-state index in [1.807, 2.05) is 6.07 Å². The van der Waals surface area contributed by atoms with E-state index in [2.05, 4.69) is 4.99 Å². The molecule has 108 valence electrons. The molecular formula is C15H12Cl2FN3. The third-order valence-corrected chi connectivity index (χ3v) is 4.27. The molecule has 2 aromatic rings. The summed E-state index contributed by atoms with van der Waals surface area (Å²) in [7, 11) is 0. The smallest absolute Gasteiger partial charge is 0.196 e. The number of hydrogen-bond donors (Lipinski definition) is 1. The number of nitrogens with zero attached hydrogens (tertiary/aromatic N) is 2. The Balaban J connectivity index is 2.08. The normalized spacial score (nSPS) is 18.0. The predicted octanol–water partition coefficient (Wildman–Crippen LogP) is 4.01. The van der Waals surface area contributed by atoms with Crippen molar-refractivity contribution in [2.45, 2.75) is 6.04 Å². The molecule has 1 aliphatic heterocycles. The van der Waals surface area contributed by atoms with Gasteiger partial charge < -0.3 is 10.6 Å². The van der Waals surface area contributed by atoms with Crippen LogP contribution in [0.15, 0.2) is 47.5 Å². The highest BCUT2D eigenvalue weighted by Gasteiger charge is 2.32. The van der Waals surface area contributed by atoms with Crippen molar-refractivity contribution in [1.29, 1.82) is 0 Å². The summed E-state index contributed by atoms with van der Waals surface area (Å²) in [4.78, 5) is 5.86. The monoisotopic (exact) mass is 323 g/mol. The number of guanidine groups is 1. The Hall–Kier alpha value is -1.78. The number of aliphatic imine (C=N–C) groups is 1. The molecular weight excluding hydrogens is 312 g/mol. The molecule has 0 amide bonds. The molecule has 6 heteroatoms. The van der Waals surface area contributed by atoms with Gasteiger partial charge in [-0.15, -0.1) is 0 Å². The summed E-state index contributed by atoms with van der Waals surface area (Å²) >= 11 is 12.3. The lowest BCUT2D eigenvalue weighted by atomic mass is 10.1. The molecule has 0 aromatic heterocycles.